The smallest absolute Gasteiger partial charge is 0.241 e. The number of carbonyl (C=O) groups is 1. The van der Waals surface area contributed by atoms with E-state index in [1.807, 2.05) is 23.1 Å². The van der Waals surface area contributed by atoms with Crippen LogP contribution in [0.3, 0.4) is 0 Å². The number of pyridine rings is 1. The summed E-state index contributed by atoms with van der Waals surface area (Å²) in [5.41, 5.74) is 8.68. The van der Waals surface area contributed by atoms with Crippen LogP contribution in [-0.4, -0.2) is 41.5 Å². The van der Waals surface area contributed by atoms with Crippen LogP contribution in [0.4, 0.5) is 4.39 Å². The van der Waals surface area contributed by atoms with Crippen molar-refractivity contribution in [2.24, 2.45) is 0 Å². The molecule has 2 aliphatic heterocycles. The molecule has 0 aliphatic carbocycles. The van der Waals surface area contributed by atoms with Crippen molar-refractivity contribution >= 4 is 5.91 Å². The van der Waals surface area contributed by atoms with Crippen molar-refractivity contribution in [3.63, 3.8) is 0 Å². The number of hydrogen-bond donors (Lipinski definition) is 2. The Morgan fingerprint density at radius 3 is 2.67 bits per heavy atom. The fourth-order valence-corrected chi connectivity index (χ4v) is 3.95. The number of nitrogens with zero attached hydrogens (tertiary/aromatic N) is 2. The highest BCUT2D eigenvalue weighted by atomic mass is 19.1. The van der Waals surface area contributed by atoms with Gasteiger partial charge >= 0.3 is 0 Å². The van der Waals surface area contributed by atoms with E-state index in [2.05, 4.69) is 16.9 Å². The summed E-state index contributed by atoms with van der Waals surface area (Å²) in [6.07, 6.45) is 3.18. The van der Waals surface area contributed by atoms with Crippen molar-refractivity contribution < 1.29 is 9.18 Å². The number of halogens is 1. The van der Waals surface area contributed by atoms with E-state index in [-0.39, 0.29) is 17.8 Å². The molecule has 1 atom stereocenters. The lowest BCUT2D eigenvalue weighted by Gasteiger charge is -2.33. The van der Waals surface area contributed by atoms with Gasteiger partial charge in [0.15, 0.2) is 0 Å². The maximum Gasteiger partial charge on any atom is 0.241 e. The summed E-state index contributed by atoms with van der Waals surface area (Å²) >= 11 is 0. The molecular formula is C21H25FN4O. The summed E-state index contributed by atoms with van der Waals surface area (Å²) in [6.45, 7) is 2.37. The van der Waals surface area contributed by atoms with Gasteiger partial charge in [0.05, 0.1) is 0 Å². The van der Waals surface area contributed by atoms with Crippen LogP contribution in [0.5, 0.6) is 0 Å². The second-order valence-corrected chi connectivity index (χ2v) is 7.33. The second-order valence-electron chi connectivity index (χ2n) is 7.33. The Morgan fingerprint density at radius 2 is 1.93 bits per heavy atom. The monoisotopic (exact) mass is 368 g/mol. The van der Waals surface area contributed by atoms with Gasteiger partial charge in [-0.25, -0.2) is 9.82 Å². The van der Waals surface area contributed by atoms with Gasteiger partial charge in [-0.05, 0) is 43.0 Å². The summed E-state index contributed by atoms with van der Waals surface area (Å²) in [4.78, 5) is 19.3. The minimum Gasteiger partial charge on any atom is -0.341 e. The molecule has 1 aromatic heterocycles. The van der Waals surface area contributed by atoms with Gasteiger partial charge in [0.25, 0.3) is 0 Å². The van der Waals surface area contributed by atoms with Crippen LogP contribution in [0, 0.1) is 5.82 Å². The molecular weight excluding hydrogens is 343 g/mol. The SMILES string of the molecule is O=C(C1CCNN1)N1CCC(c2cccc(Cc3ccccc3F)n2)CC1. The molecule has 5 nitrogen and oxygen atoms in total. The topological polar surface area (TPSA) is 57.3 Å². The number of hydrazine groups is 1. The summed E-state index contributed by atoms with van der Waals surface area (Å²) < 4.78 is 13.9. The highest BCUT2D eigenvalue weighted by Gasteiger charge is 2.30. The molecule has 0 saturated carbocycles. The van der Waals surface area contributed by atoms with E-state index in [4.69, 9.17) is 4.98 Å². The van der Waals surface area contributed by atoms with Crippen LogP contribution < -0.4 is 10.9 Å². The van der Waals surface area contributed by atoms with Gasteiger partial charge in [-0.1, -0.05) is 24.3 Å². The van der Waals surface area contributed by atoms with E-state index in [1.54, 1.807) is 12.1 Å². The number of hydrogen-bond acceptors (Lipinski definition) is 4. The van der Waals surface area contributed by atoms with Crippen molar-refractivity contribution in [2.45, 2.75) is 37.6 Å². The van der Waals surface area contributed by atoms with Gasteiger partial charge in [-0.15, -0.1) is 0 Å². The maximum absolute atomic E-state index is 13.9. The molecule has 6 heteroatoms. The maximum atomic E-state index is 13.9. The van der Waals surface area contributed by atoms with Gasteiger partial charge in [0.1, 0.15) is 11.9 Å². The average Bonchev–Trinajstić information content (AvgIpc) is 3.24. The average molecular weight is 368 g/mol. The van der Waals surface area contributed by atoms with E-state index < -0.39 is 0 Å². The first-order chi connectivity index (χ1) is 13.2. The molecule has 2 aliphatic rings. The predicted octanol–water partition coefficient (Wildman–Crippen LogP) is 2.38. The molecule has 142 valence electrons. The molecule has 1 aromatic carbocycles. The van der Waals surface area contributed by atoms with Gasteiger partial charge in [-0.2, -0.15) is 0 Å². The number of nitrogens with one attached hydrogen (secondary N) is 2. The number of benzene rings is 1. The Bertz CT molecular complexity index is 798. The number of amides is 1. The summed E-state index contributed by atoms with van der Waals surface area (Å²) in [6, 6.07) is 12.8. The number of likely N-dealkylation sites (tertiary alicyclic amines) is 1. The Labute approximate surface area is 159 Å². The fourth-order valence-electron chi connectivity index (χ4n) is 3.95. The molecule has 2 aromatic rings. The Balaban J connectivity index is 1.38. The van der Waals surface area contributed by atoms with Crippen LogP contribution >= 0.6 is 0 Å². The summed E-state index contributed by atoms with van der Waals surface area (Å²) in [5.74, 6) is 0.357. The molecule has 2 saturated heterocycles. The van der Waals surface area contributed by atoms with Gasteiger partial charge in [0.2, 0.25) is 5.91 Å². The van der Waals surface area contributed by atoms with Crippen LogP contribution in [0.2, 0.25) is 0 Å². The molecule has 0 spiro atoms. The third-order valence-electron chi connectivity index (χ3n) is 5.52. The van der Waals surface area contributed by atoms with Gasteiger partial charge in [-0.3, -0.25) is 15.2 Å². The molecule has 2 N–H and O–H groups in total. The molecule has 4 rings (SSSR count). The van der Waals surface area contributed by atoms with E-state index in [0.29, 0.717) is 17.9 Å². The van der Waals surface area contributed by atoms with Gasteiger partial charge < -0.3 is 4.90 Å². The molecule has 3 heterocycles. The number of rotatable bonds is 4. The van der Waals surface area contributed by atoms with E-state index >= 15 is 0 Å². The van der Waals surface area contributed by atoms with Crippen molar-refractivity contribution in [2.75, 3.05) is 19.6 Å². The standard InChI is InChI=1S/C21H25FN4O/c22-18-6-2-1-4-16(18)14-17-5-3-7-19(24-17)15-9-12-26(13-10-15)21(27)20-8-11-23-25-20/h1-7,15,20,23,25H,8-14H2. The lowest BCUT2D eigenvalue weighted by atomic mass is 9.92. The molecule has 1 unspecified atom stereocenters. The highest BCUT2D eigenvalue weighted by Crippen LogP contribution is 2.27. The quantitative estimate of drug-likeness (QED) is 0.870. The first-order valence-corrected chi connectivity index (χ1v) is 9.67. The normalized spacial score (nSPS) is 20.8. The first kappa shape index (κ1) is 18.1. The van der Waals surface area contributed by atoms with E-state index in [1.165, 1.54) is 6.07 Å². The van der Waals surface area contributed by atoms with E-state index in [9.17, 15) is 9.18 Å². The molecule has 1 amide bonds. The molecule has 27 heavy (non-hydrogen) atoms. The molecule has 2 fully saturated rings. The highest BCUT2D eigenvalue weighted by molar-refractivity contribution is 5.82. The second kappa shape index (κ2) is 8.15. The number of piperidine rings is 1. The fraction of sp³-hybridized carbons (Fsp3) is 0.429. The van der Waals surface area contributed by atoms with Crippen molar-refractivity contribution in [1.29, 1.82) is 0 Å². The Morgan fingerprint density at radius 1 is 1.11 bits per heavy atom. The lowest BCUT2D eigenvalue weighted by Crippen LogP contribution is -2.48. The predicted molar refractivity (Wildman–Crippen MR) is 102 cm³/mol. The van der Waals surface area contributed by atoms with E-state index in [0.717, 1.165) is 50.3 Å². The van der Waals surface area contributed by atoms with Crippen molar-refractivity contribution in [3.8, 4) is 0 Å². The number of aromatic nitrogens is 1. The number of carbonyl (C=O) groups excluding carboxylic acids is 1. The van der Waals surface area contributed by atoms with Crippen LogP contribution in [-0.2, 0) is 11.2 Å². The first-order valence-electron chi connectivity index (χ1n) is 9.67. The zero-order chi connectivity index (χ0) is 18.6. The lowest BCUT2D eigenvalue weighted by molar-refractivity contribution is -0.134. The zero-order valence-electron chi connectivity index (χ0n) is 15.3. The summed E-state index contributed by atoms with van der Waals surface area (Å²) in [7, 11) is 0. The van der Waals surface area contributed by atoms with Crippen LogP contribution in [0.1, 0.15) is 42.1 Å². The van der Waals surface area contributed by atoms with Crippen LogP contribution in [0.25, 0.3) is 0 Å². The minimum atomic E-state index is -0.188. The Kier molecular flexibility index (Phi) is 5.45. The Hall–Kier alpha value is -2.31. The summed E-state index contributed by atoms with van der Waals surface area (Å²) in [5, 5.41) is 0. The van der Waals surface area contributed by atoms with Crippen molar-refractivity contribution in [3.05, 3.63) is 65.2 Å². The third kappa shape index (κ3) is 4.17. The van der Waals surface area contributed by atoms with Gasteiger partial charge in [0, 0.05) is 43.4 Å². The van der Waals surface area contributed by atoms with Crippen molar-refractivity contribution in [1.82, 2.24) is 20.7 Å². The largest absolute Gasteiger partial charge is 0.341 e. The van der Waals surface area contributed by atoms with Crippen LogP contribution in [0.15, 0.2) is 42.5 Å². The zero-order valence-corrected chi connectivity index (χ0v) is 15.3. The molecule has 0 radical (unpaired) electrons. The molecule has 0 bridgehead atoms. The minimum absolute atomic E-state index is 0.0937. The third-order valence-corrected chi connectivity index (χ3v) is 5.52.